The van der Waals surface area contributed by atoms with E-state index in [0.717, 1.165) is 5.92 Å². The topological polar surface area (TPSA) is 0 Å². The van der Waals surface area contributed by atoms with E-state index in [0.29, 0.717) is 29.9 Å². The molecule has 1 aliphatic rings. The lowest BCUT2D eigenvalue weighted by Gasteiger charge is -2.25. The molecule has 0 atom stereocenters. The molecule has 0 amide bonds. The minimum Gasteiger partial charge on any atom is -0.206 e. The smallest absolute Gasteiger partial charge is 0.206 e. The van der Waals surface area contributed by atoms with E-state index < -0.39 is 17.8 Å². The number of hydrogen-bond donors (Lipinski definition) is 0. The monoisotopic (exact) mass is 324 g/mol. The number of rotatable bonds is 6. The van der Waals surface area contributed by atoms with Gasteiger partial charge in [-0.05, 0) is 68.4 Å². The highest BCUT2D eigenvalue weighted by atomic mass is 19.3. The van der Waals surface area contributed by atoms with Crippen LogP contribution >= 0.6 is 0 Å². The summed E-state index contributed by atoms with van der Waals surface area (Å²) in [6.07, 6.45) is 9.13. The van der Waals surface area contributed by atoms with Gasteiger partial charge in [0.15, 0.2) is 0 Å². The average Bonchev–Trinajstić information content (AvgIpc) is 2.53. The number of alkyl halides is 2. The molecule has 1 saturated carbocycles. The third kappa shape index (κ3) is 4.86. The normalized spacial score (nSPS) is 22.2. The zero-order chi connectivity index (χ0) is 16.8. The van der Waals surface area contributed by atoms with Crippen LogP contribution in [0, 0.1) is 24.6 Å². The van der Waals surface area contributed by atoms with Crippen molar-refractivity contribution in [3.8, 4) is 0 Å². The van der Waals surface area contributed by atoms with Gasteiger partial charge in [0.25, 0.3) is 6.43 Å². The largest absolute Gasteiger partial charge is 0.266 e. The summed E-state index contributed by atoms with van der Waals surface area (Å²) in [6.45, 7) is 3.78. The summed E-state index contributed by atoms with van der Waals surface area (Å²) in [7, 11) is 0. The molecule has 1 aliphatic carbocycles. The minimum absolute atomic E-state index is 0.324. The summed E-state index contributed by atoms with van der Waals surface area (Å²) in [4.78, 5) is 0. The number of halogens is 3. The third-order valence-electron chi connectivity index (χ3n) is 5.15. The minimum atomic E-state index is -2.75. The molecule has 0 radical (unpaired) electrons. The number of aryl methyl sites for hydroxylation is 2. The Balaban J connectivity index is 1.87. The molecule has 1 aromatic rings. The summed E-state index contributed by atoms with van der Waals surface area (Å²) >= 11 is 0. The van der Waals surface area contributed by atoms with Gasteiger partial charge in [-0.3, -0.25) is 0 Å². The Morgan fingerprint density at radius 2 is 1.87 bits per heavy atom. The second-order valence-electron chi connectivity index (χ2n) is 6.73. The quantitative estimate of drug-likeness (QED) is 0.506. The van der Waals surface area contributed by atoms with Crippen molar-refractivity contribution in [1.29, 1.82) is 0 Å². The van der Waals surface area contributed by atoms with Crippen molar-refractivity contribution in [2.24, 2.45) is 11.8 Å². The van der Waals surface area contributed by atoms with E-state index in [-0.39, 0.29) is 0 Å². The fourth-order valence-electron chi connectivity index (χ4n) is 3.51. The Labute approximate surface area is 137 Å². The zero-order valence-corrected chi connectivity index (χ0v) is 14.1. The van der Waals surface area contributed by atoms with Crippen LogP contribution in [-0.4, -0.2) is 0 Å². The molecule has 0 aromatic heterocycles. The van der Waals surface area contributed by atoms with Gasteiger partial charge in [-0.25, -0.2) is 13.2 Å². The fraction of sp³-hybridized carbons (Fsp3) is 0.600. The van der Waals surface area contributed by atoms with Crippen molar-refractivity contribution >= 4 is 0 Å². The average molecular weight is 324 g/mol. The Hall–Kier alpha value is -1.25. The van der Waals surface area contributed by atoms with Gasteiger partial charge in [-0.1, -0.05) is 37.6 Å². The van der Waals surface area contributed by atoms with E-state index in [9.17, 15) is 13.2 Å². The second-order valence-corrected chi connectivity index (χ2v) is 6.73. The molecular weight excluding hydrogens is 297 g/mol. The molecule has 1 aromatic carbocycles. The SMILES string of the molecule is CCC1CCC(/C=C/CCc2ccc(C)c(C(F)F)c2F)CC1. The van der Waals surface area contributed by atoms with Gasteiger partial charge in [0.2, 0.25) is 0 Å². The van der Waals surface area contributed by atoms with Crippen LogP contribution in [0.4, 0.5) is 13.2 Å². The van der Waals surface area contributed by atoms with Crippen LogP contribution in [0.1, 0.15) is 68.6 Å². The van der Waals surface area contributed by atoms with Crippen molar-refractivity contribution < 1.29 is 13.2 Å². The molecule has 1 fully saturated rings. The third-order valence-corrected chi connectivity index (χ3v) is 5.15. The molecule has 3 heteroatoms. The predicted molar refractivity (Wildman–Crippen MR) is 89.3 cm³/mol. The maximum atomic E-state index is 14.1. The predicted octanol–water partition coefficient (Wildman–Crippen LogP) is 6.78. The summed E-state index contributed by atoms with van der Waals surface area (Å²) < 4.78 is 40.0. The molecule has 0 nitrogen and oxygen atoms in total. The number of allylic oxidation sites excluding steroid dienone is 2. The van der Waals surface area contributed by atoms with Gasteiger partial charge in [0.05, 0.1) is 5.56 Å². The van der Waals surface area contributed by atoms with E-state index in [4.69, 9.17) is 0 Å². The highest BCUT2D eigenvalue weighted by Crippen LogP contribution is 2.31. The number of hydrogen-bond acceptors (Lipinski definition) is 0. The lowest BCUT2D eigenvalue weighted by molar-refractivity contribution is 0.145. The molecule has 0 aliphatic heterocycles. The first kappa shape index (κ1) is 18.1. The Morgan fingerprint density at radius 3 is 2.48 bits per heavy atom. The molecule has 0 unspecified atom stereocenters. The van der Waals surface area contributed by atoms with Crippen molar-refractivity contribution in [2.45, 2.75) is 65.2 Å². The van der Waals surface area contributed by atoms with Gasteiger partial charge in [0.1, 0.15) is 5.82 Å². The molecular formula is C20H27F3. The first-order valence-electron chi connectivity index (χ1n) is 8.75. The summed E-state index contributed by atoms with van der Waals surface area (Å²) in [6, 6.07) is 3.23. The van der Waals surface area contributed by atoms with Crippen LogP contribution in [0.2, 0.25) is 0 Å². The van der Waals surface area contributed by atoms with E-state index in [1.807, 2.05) is 0 Å². The van der Waals surface area contributed by atoms with Crippen molar-refractivity contribution in [2.75, 3.05) is 0 Å². The molecule has 0 heterocycles. The molecule has 0 N–H and O–H groups in total. The van der Waals surface area contributed by atoms with Crippen molar-refractivity contribution in [3.63, 3.8) is 0 Å². The van der Waals surface area contributed by atoms with Crippen molar-refractivity contribution in [1.82, 2.24) is 0 Å². The summed E-state index contributed by atoms with van der Waals surface area (Å²) in [5.41, 5.74) is 0.277. The van der Waals surface area contributed by atoms with E-state index in [1.165, 1.54) is 39.0 Å². The van der Waals surface area contributed by atoms with Crippen LogP contribution in [-0.2, 0) is 6.42 Å². The van der Waals surface area contributed by atoms with Crippen LogP contribution in [0.25, 0.3) is 0 Å². The first-order chi connectivity index (χ1) is 11.0. The summed E-state index contributed by atoms with van der Waals surface area (Å²) in [5, 5.41) is 0. The summed E-state index contributed by atoms with van der Waals surface area (Å²) in [5.74, 6) is 0.795. The molecule has 0 bridgehead atoms. The van der Waals surface area contributed by atoms with Crippen LogP contribution < -0.4 is 0 Å². The Morgan fingerprint density at radius 1 is 1.17 bits per heavy atom. The van der Waals surface area contributed by atoms with Crippen LogP contribution in [0.3, 0.4) is 0 Å². The lowest BCUT2D eigenvalue weighted by Crippen LogP contribution is -2.12. The van der Waals surface area contributed by atoms with Gasteiger partial charge in [0, 0.05) is 0 Å². The van der Waals surface area contributed by atoms with E-state index in [1.54, 1.807) is 12.1 Å². The molecule has 23 heavy (non-hydrogen) atoms. The molecule has 0 saturated heterocycles. The molecule has 0 spiro atoms. The Kier molecular flexibility index (Phi) is 6.73. The highest BCUT2D eigenvalue weighted by Gasteiger charge is 2.19. The number of benzene rings is 1. The van der Waals surface area contributed by atoms with Gasteiger partial charge < -0.3 is 0 Å². The standard InChI is InChI=1S/C20H27F3/c1-3-15-9-11-16(12-10-15)6-4-5-7-17-13-8-14(2)18(19(17)21)20(22)23/h4,6,8,13,15-16,20H,3,5,7,9-12H2,1-2H3/b6-4+. The van der Waals surface area contributed by atoms with E-state index >= 15 is 0 Å². The van der Waals surface area contributed by atoms with E-state index in [2.05, 4.69) is 19.1 Å². The second kappa shape index (κ2) is 8.56. The van der Waals surface area contributed by atoms with Gasteiger partial charge in [-0.2, -0.15) is 0 Å². The van der Waals surface area contributed by atoms with Gasteiger partial charge >= 0.3 is 0 Å². The van der Waals surface area contributed by atoms with Crippen molar-refractivity contribution in [3.05, 3.63) is 46.8 Å². The van der Waals surface area contributed by atoms with Gasteiger partial charge in [-0.15, -0.1) is 0 Å². The van der Waals surface area contributed by atoms with Crippen LogP contribution in [0.5, 0.6) is 0 Å². The highest BCUT2D eigenvalue weighted by molar-refractivity contribution is 5.34. The lowest BCUT2D eigenvalue weighted by atomic mass is 9.80. The fourth-order valence-corrected chi connectivity index (χ4v) is 3.51. The maximum absolute atomic E-state index is 14.1. The molecule has 128 valence electrons. The zero-order valence-electron chi connectivity index (χ0n) is 14.1. The molecule has 2 rings (SSSR count). The Bertz CT molecular complexity index is 526. The first-order valence-corrected chi connectivity index (χ1v) is 8.75. The maximum Gasteiger partial charge on any atom is 0.266 e. The van der Waals surface area contributed by atoms with Crippen LogP contribution in [0.15, 0.2) is 24.3 Å².